The summed E-state index contributed by atoms with van der Waals surface area (Å²) in [5.74, 6) is -3.77. The summed E-state index contributed by atoms with van der Waals surface area (Å²) in [6, 6.07) is 0. The van der Waals surface area contributed by atoms with Gasteiger partial charge in [0.05, 0.1) is 5.02 Å². The zero-order chi connectivity index (χ0) is 13.4. The standard InChI is InChI=1S/C10H6ClNO5S/c1-3-2-18-7(4(3)11)8-12-5(9(13)14)6(17-8)10(15)16/h2H,1H3,(H,13,14)(H,15,16). The van der Waals surface area contributed by atoms with Gasteiger partial charge in [0.15, 0.2) is 0 Å². The van der Waals surface area contributed by atoms with Gasteiger partial charge in [0.1, 0.15) is 4.88 Å². The zero-order valence-corrected chi connectivity index (χ0v) is 10.5. The molecule has 0 amide bonds. The Hall–Kier alpha value is -1.86. The van der Waals surface area contributed by atoms with Crippen LogP contribution >= 0.6 is 22.9 Å². The molecule has 0 aliphatic carbocycles. The second-order valence-electron chi connectivity index (χ2n) is 3.37. The minimum Gasteiger partial charge on any atom is -0.476 e. The lowest BCUT2D eigenvalue weighted by atomic mass is 10.3. The zero-order valence-electron chi connectivity index (χ0n) is 8.93. The van der Waals surface area contributed by atoms with Gasteiger partial charge in [-0.1, -0.05) is 11.6 Å². The third kappa shape index (κ3) is 1.98. The molecule has 0 aromatic carbocycles. The van der Waals surface area contributed by atoms with Crippen molar-refractivity contribution in [2.75, 3.05) is 0 Å². The molecule has 2 heterocycles. The molecule has 0 aliphatic rings. The molecule has 0 unspecified atom stereocenters. The predicted octanol–water partition coefficient (Wildman–Crippen LogP) is 2.76. The van der Waals surface area contributed by atoms with Gasteiger partial charge in [-0.15, -0.1) is 11.3 Å². The molecule has 0 radical (unpaired) electrons. The van der Waals surface area contributed by atoms with Crippen molar-refractivity contribution in [1.82, 2.24) is 4.98 Å². The number of aryl methyl sites for hydroxylation is 1. The summed E-state index contributed by atoms with van der Waals surface area (Å²) in [6.45, 7) is 1.77. The highest BCUT2D eigenvalue weighted by atomic mass is 35.5. The Morgan fingerprint density at radius 3 is 2.44 bits per heavy atom. The second-order valence-corrected chi connectivity index (χ2v) is 4.63. The van der Waals surface area contributed by atoms with Gasteiger partial charge in [-0.2, -0.15) is 0 Å². The molecule has 2 aromatic heterocycles. The fourth-order valence-electron chi connectivity index (χ4n) is 1.28. The first-order chi connectivity index (χ1) is 8.41. The molecule has 0 fully saturated rings. The number of hydrogen-bond acceptors (Lipinski definition) is 5. The average Bonchev–Trinajstić information content (AvgIpc) is 2.85. The number of carbonyl (C=O) groups is 2. The molecule has 94 valence electrons. The van der Waals surface area contributed by atoms with Crippen LogP contribution in [0.3, 0.4) is 0 Å². The third-order valence-electron chi connectivity index (χ3n) is 2.12. The summed E-state index contributed by atoms with van der Waals surface area (Å²) < 4.78 is 4.95. The van der Waals surface area contributed by atoms with Crippen LogP contribution in [-0.4, -0.2) is 27.1 Å². The number of aromatic nitrogens is 1. The van der Waals surface area contributed by atoms with Crippen molar-refractivity contribution >= 4 is 34.9 Å². The minimum absolute atomic E-state index is 0.104. The number of thiophene rings is 1. The number of nitrogens with zero attached hydrogens (tertiary/aromatic N) is 1. The van der Waals surface area contributed by atoms with Gasteiger partial charge >= 0.3 is 11.9 Å². The number of halogens is 1. The van der Waals surface area contributed by atoms with E-state index in [0.29, 0.717) is 9.90 Å². The van der Waals surface area contributed by atoms with Crippen LogP contribution in [0.15, 0.2) is 9.80 Å². The molecule has 0 spiro atoms. The molecule has 0 atom stereocenters. The van der Waals surface area contributed by atoms with E-state index in [1.54, 1.807) is 12.3 Å². The highest BCUT2D eigenvalue weighted by Crippen LogP contribution is 2.36. The maximum absolute atomic E-state index is 10.8. The average molecular weight is 288 g/mol. The van der Waals surface area contributed by atoms with E-state index in [9.17, 15) is 9.59 Å². The molecule has 6 nitrogen and oxygen atoms in total. The van der Waals surface area contributed by atoms with Crippen molar-refractivity contribution in [2.24, 2.45) is 0 Å². The third-order valence-corrected chi connectivity index (χ3v) is 3.80. The molecule has 2 rings (SSSR count). The number of oxazole rings is 1. The van der Waals surface area contributed by atoms with Gasteiger partial charge in [-0.3, -0.25) is 0 Å². The summed E-state index contributed by atoms with van der Waals surface area (Å²) in [5, 5.41) is 19.8. The number of carboxylic acid groups (broad SMARTS) is 2. The molecule has 0 saturated heterocycles. The van der Waals surface area contributed by atoms with Crippen LogP contribution < -0.4 is 0 Å². The predicted molar refractivity (Wildman–Crippen MR) is 63.5 cm³/mol. The van der Waals surface area contributed by atoms with Crippen molar-refractivity contribution in [2.45, 2.75) is 6.92 Å². The van der Waals surface area contributed by atoms with Gasteiger partial charge in [-0.25, -0.2) is 14.6 Å². The van der Waals surface area contributed by atoms with Crippen LogP contribution in [0, 0.1) is 6.92 Å². The van der Waals surface area contributed by atoms with E-state index in [1.807, 2.05) is 0 Å². The summed E-state index contributed by atoms with van der Waals surface area (Å²) in [7, 11) is 0. The van der Waals surface area contributed by atoms with E-state index >= 15 is 0 Å². The van der Waals surface area contributed by atoms with Crippen LogP contribution in [0.5, 0.6) is 0 Å². The maximum atomic E-state index is 10.8. The Kier molecular flexibility index (Phi) is 3.10. The van der Waals surface area contributed by atoms with Crippen LogP contribution in [0.25, 0.3) is 10.8 Å². The number of rotatable bonds is 3. The smallest absolute Gasteiger partial charge is 0.374 e. The highest BCUT2D eigenvalue weighted by molar-refractivity contribution is 7.14. The van der Waals surface area contributed by atoms with Crippen LogP contribution in [0.1, 0.15) is 26.6 Å². The lowest BCUT2D eigenvalue weighted by Gasteiger charge is -1.91. The fourth-order valence-corrected chi connectivity index (χ4v) is 2.48. The Morgan fingerprint density at radius 1 is 1.39 bits per heavy atom. The van der Waals surface area contributed by atoms with E-state index in [4.69, 9.17) is 26.2 Å². The molecule has 2 N–H and O–H groups in total. The lowest BCUT2D eigenvalue weighted by Crippen LogP contribution is -2.05. The molecule has 0 saturated carbocycles. The summed E-state index contributed by atoms with van der Waals surface area (Å²) >= 11 is 7.18. The molecular weight excluding hydrogens is 282 g/mol. The fraction of sp³-hybridized carbons (Fsp3) is 0.100. The Labute approximate surface area is 109 Å². The number of hydrogen-bond donors (Lipinski definition) is 2. The van der Waals surface area contributed by atoms with Crippen molar-refractivity contribution in [3.63, 3.8) is 0 Å². The highest BCUT2D eigenvalue weighted by Gasteiger charge is 2.26. The largest absolute Gasteiger partial charge is 0.476 e. The van der Waals surface area contributed by atoms with Crippen molar-refractivity contribution in [3.05, 3.63) is 27.4 Å². The SMILES string of the molecule is Cc1csc(-c2nc(C(=O)O)c(C(=O)O)o2)c1Cl. The van der Waals surface area contributed by atoms with Crippen molar-refractivity contribution in [1.29, 1.82) is 0 Å². The molecule has 8 heteroatoms. The van der Waals surface area contributed by atoms with Crippen LogP contribution in [-0.2, 0) is 0 Å². The first-order valence-corrected chi connectivity index (χ1v) is 5.89. The molecule has 0 bridgehead atoms. The van der Waals surface area contributed by atoms with E-state index in [2.05, 4.69) is 4.98 Å². The lowest BCUT2D eigenvalue weighted by molar-refractivity contribution is 0.0624. The first-order valence-electron chi connectivity index (χ1n) is 4.63. The van der Waals surface area contributed by atoms with Crippen molar-refractivity contribution in [3.8, 4) is 10.8 Å². The number of aromatic carboxylic acids is 2. The van der Waals surface area contributed by atoms with E-state index < -0.39 is 23.4 Å². The van der Waals surface area contributed by atoms with Gasteiger partial charge < -0.3 is 14.6 Å². The van der Waals surface area contributed by atoms with Crippen LogP contribution in [0.4, 0.5) is 0 Å². The molecule has 2 aromatic rings. The first kappa shape index (κ1) is 12.6. The van der Waals surface area contributed by atoms with E-state index in [0.717, 1.165) is 5.56 Å². The normalized spacial score (nSPS) is 10.6. The number of carboxylic acids is 2. The summed E-state index contributed by atoms with van der Waals surface area (Å²) in [5.41, 5.74) is 0.142. The molecule has 18 heavy (non-hydrogen) atoms. The van der Waals surface area contributed by atoms with E-state index in [1.165, 1.54) is 11.3 Å². The topological polar surface area (TPSA) is 101 Å². The molecule has 0 aliphatic heterocycles. The Balaban J connectivity index is 2.60. The van der Waals surface area contributed by atoms with Gasteiger partial charge in [-0.05, 0) is 17.9 Å². The van der Waals surface area contributed by atoms with Gasteiger partial charge in [0.25, 0.3) is 0 Å². The second kappa shape index (κ2) is 4.43. The summed E-state index contributed by atoms with van der Waals surface area (Å²) in [6.07, 6.45) is 0. The van der Waals surface area contributed by atoms with Gasteiger partial charge in [0, 0.05) is 0 Å². The van der Waals surface area contributed by atoms with Gasteiger partial charge in [0.2, 0.25) is 17.3 Å². The quantitative estimate of drug-likeness (QED) is 0.900. The van der Waals surface area contributed by atoms with Crippen LogP contribution in [0.2, 0.25) is 5.02 Å². The summed E-state index contributed by atoms with van der Waals surface area (Å²) in [4.78, 5) is 25.7. The Bertz CT molecular complexity index is 613. The maximum Gasteiger partial charge on any atom is 0.374 e. The van der Waals surface area contributed by atoms with E-state index in [-0.39, 0.29) is 5.89 Å². The monoisotopic (exact) mass is 287 g/mol. The van der Waals surface area contributed by atoms with Crippen molar-refractivity contribution < 1.29 is 24.2 Å². The Morgan fingerprint density at radius 2 is 2.06 bits per heavy atom. The molecular formula is C10H6ClNO5S. The minimum atomic E-state index is -1.49.